The van der Waals surface area contributed by atoms with Crippen LogP contribution in [0.15, 0.2) is 0 Å². The van der Waals surface area contributed by atoms with Crippen LogP contribution in [-0.2, 0) is 66.9 Å². The van der Waals surface area contributed by atoms with Gasteiger partial charge in [-0.2, -0.15) is 0 Å². The lowest BCUT2D eigenvalue weighted by atomic mass is 9.95. The van der Waals surface area contributed by atoms with Crippen LogP contribution in [0.25, 0.3) is 0 Å². The molecule has 0 radical (unpaired) electrons. The van der Waals surface area contributed by atoms with E-state index in [-0.39, 0.29) is 13.0 Å². The van der Waals surface area contributed by atoms with E-state index >= 15 is 0 Å². The number of amides is 10. The van der Waals surface area contributed by atoms with E-state index in [0.717, 1.165) is 6.92 Å². The third kappa shape index (κ3) is 19.1. The first-order chi connectivity index (χ1) is 38.6. The molecule has 0 bridgehead atoms. The molecule has 0 aliphatic carbocycles. The van der Waals surface area contributed by atoms with Gasteiger partial charge in [-0.25, -0.2) is 0 Å². The number of nitrogens with zero attached hydrogens (tertiary/aromatic N) is 1. The van der Waals surface area contributed by atoms with Crippen LogP contribution in [0.1, 0.15) is 103 Å². The van der Waals surface area contributed by atoms with Gasteiger partial charge in [-0.3, -0.25) is 47.9 Å². The van der Waals surface area contributed by atoms with Gasteiger partial charge in [0.15, 0.2) is 12.6 Å². The Hall–Kier alpha value is -5.74. The maximum Gasteiger partial charge on any atom is 0.246 e. The van der Waals surface area contributed by atoms with Gasteiger partial charge in [-0.15, -0.1) is 0 Å². The fourth-order valence-corrected chi connectivity index (χ4v) is 9.35. The van der Waals surface area contributed by atoms with Crippen LogP contribution >= 0.6 is 0 Å². The number of nitrogens with one attached hydrogen (secondary N) is 8. The van der Waals surface area contributed by atoms with Crippen molar-refractivity contribution in [2.45, 2.75) is 225 Å². The largest absolute Gasteiger partial charge is 0.394 e. The van der Waals surface area contributed by atoms with E-state index in [2.05, 4.69) is 42.5 Å². The Bertz CT molecular complexity index is 2260. The van der Waals surface area contributed by atoms with Crippen molar-refractivity contribution in [3.8, 4) is 0 Å². The van der Waals surface area contributed by atoms with E-state index in [1.165, 1.54) is 32.6 Å². The number of carbonyl (C=O) groups excluding carboxylic acids is 10. The number of nitrogens with two attached hydrogens (primary N) is 2. The van der Waals surface area contributed by atoms with Gasteiger partial charge >= 0.3 is 0 Å². The summed E-state index contributed by atoms with van der Waals surface area (Å²) in [6, 6.07) is -12.4. The van der Waals surface area contributed by atoms with E-state index in [9.17, 15) is 78.6 Å². The maximum atomic E-state index is 14.3. The van der Waals surface area contributed by atoms with E-state index < -0.39 is 218 Å². The monoisotopic (exact) mass is 1190 g/mol. The normalized spacial score (nSPS) is 27.9. The summed E-state index contributed by atoms with van der Waals surface area (Å²) in [4.78, 5) is 134. The first kappa shape index (κ1) is 71.5. The van der Waals surface area contributed by atoms with Crippen molar-refractivity contribution >= 4 is 59.1 Å². The number of hydrogen-bond donors (Lipinski definition) is 16. The minimum absolute atomic E-state index is 0.0910. The van der Waals surface area contributed by atoms with Crippen molar-refractivity contribution in [3.63, 3.8) is 0 Å². The van der Waals surface area contributed by atoms with E-state index in [1.807, 2.05) is 0 Å². The number of rotatable bonds is 28. The fraction of sp³-hybridized carbons (Fsp3) is 0.808. The summed E-state index contributed by atoms with van der Waals surface area (Å²) in [5.41, 5.74) is 11.7. The van der Waals surface area contributed by atoms with Gasteiger partial charge in [0.1, 0.15) is 103 Å². The molecule has 10 amide bonds. The van der Waals surface area contributed by atoms with Gasteiger partial charge in [0, 0.05) is 13.5 Å². The Morgan fingerprint density at radius 2 is 0.988 bits per heavy atom. The van der Waals surface area contributed by atoms with Crippen LogP contribution in [0.2, 0.25) is 0 Å². The number of carbonyl (C=O) groups is 10. The summed E-state index contributed by atoms with van der Waals surface area (Å²) in [5.74, 6) is -9.51. The van der Waals surface area contributed by atoms with E-state index in [4.69, 9.17) is 30.4 Å². The second kappa shape index (κ2) is 32.0. The molecule has 474 valence electrons. The minimum atomic E-state index is -1.93. The molecule has 3 rings (SSSR count). The molecule has 0 aromatic rings. The summed E-state index contributed by atoms with van der Waals surface area (Å²) in [7, 11) is 0. The van der Waals surface area contributed by atoms with Crippen molar-refractivity contribution in [2.75, 3.05) is 19.8 Å². The fourth-order valence-electron chi connectivity index (χ4n) is 9.35. The molecule has 31 nitrogen and oxygen atoms in total. The zero-order valence-electron chi connectivity index (χ0n) is 49.4. The van der Waals surface area contributed by atoms with Crippen LogP contribution in [0.5, 0.6) is 0 Å². The molecule has 0 unspecified atom stereocenters. The van der Waals surface area contributed by atoms with Crippen molar-refractivity contribution in [1.29, 1.82) is 0 Å². The topological polar surface area (TPSA) is 481 Å². The van der Waals surface area contributed by atoms with Crippen molar-refractivity contribution in [3.05, 3.63) is 0 Å². The quantitative estimate of drug-likeness (QED) is 0.0346. The Morgan fingerprint density at radius 1 is 0.554 bits per heavy atom. The molecule has 0 spiro atoms. The summed E-state index contributed by atoms with van der Waals surface area (Å²) >= 11 is 0. The zero-order chi connectivity index (χ0) is 63.2. The molecule has 31 heteroatoms. The van der Waals surface area contributed by atoms with Crippen LogP contribution in [0.4, 0.5) is 0 Å². The average molecular weight is 1190 g/mol. The molecule has 0 saturated carbocycles. The third-order valence-electron chi connectivity index (χ3n) is 14.6. The molecule has 3 aliphatic rings. The van der Waals surface area contributed by atoms with Gasteiger partial charge in [0.05, 0.1) is 19.3 Å². The lowest BCUT2D eigenvalue weighted by Gasteiger charge is -2.48. The Kier molecular flexibility index (Phi) is 27.5. The highest BCUT2D eigenvalue weighted by Gasteiger charge is 2.52. The highest BCUT2D eigenvalue weighted by Crippen LogP contribution is 2.31. The summed E-state index contributed by atoms with van der Waals surface area (Å²) < 4.78 is 23.1. The first-order valence-corrected chi connectivity index (χ1v) is 27.9. The molecule has 3 saturated heterocycles. The molecule has 20 atom stereocenters. The van der Waals surface area contributed by atoms with Crippen molar-refractivity contribution in [1.82, 2.24) is 47.4 Å². The number of aliphatic hydroxyl groups excluding tert-OH is 6. The van der Waals surface area contributed by atoms with Crippen LogP contribution in [0, 0.1) is 23.7 Å². The number of likely N-dealkylation sites (tertiary alicyclic amines) is 1. The number of ether oxygens (including phenoxy) is 4. The minimum Gasteiger partial charge on any atom is -0.394 e. The molecular weight excluding hydrogens is 1100 g/mol. The SMILES string of the molecule is CC(=O)N[C@H]1[C@@H](O[C@H](C)[C@H](N)C(=O)N[C@H](C(=O)N2CCC[C@H]2C(=O)N[C@@H](C)C(=O)N[C@@H](C)C(=O)N[C@H](C(=O)N[C@H](C(=O)N[C@H](C(=O)N[C@@H](C)C(N)=O)C(C)C)C(C)C)C(C)C)C(C)C)O[C@H](CO)[C@H](O)[C@@H]1O[C@@H]1O[C@H](CO)[C@H](O)[C@H](O)[C@H]1O. The molecule has 3 heterocycles. The predicted molar refractivity (Wildman–Crippen MR) is 290 cm³/mol. The van der Waals surface area contributed by atoms with Crippen LogP contribution < -0.4 is 54.0 Å². The molecule has 83 heavy (non-hydrogen) atoms. The zero-order valence-corrected chi connectivity index (χ0v) is 49.4. The smallest absolute Gasteiger partial charge is 0.246 e. The highest BCUT2D eigenvalue weighted by atomic mass is 16.7. The van der Waals surface area contributed by atoms with Gasteiger partial charge in [0.25, 0.3) is 0 Å². The molecule has 0 aromatic heterocycles. The Balaban J connectivity index is 1.66. The first-order valence-electron chi connectivity index (χ1n) is 27.9. The van der Waals surface area contributed by atoms with Gasteiger partial charge in [-0.1, -0.05) is 55.4 Å². The summed E-state index contributed by atoms with van der Waals surface area (Å²) in [6.45, 7) is 18.2. The third-order valence-corrected chi connectivity index (χ3v) is 14.6. The van der Waals surface area contributed by atoms with Gasteiger partial charge in [-0.05, 0) is 64.2 Å². The molecule has 3 fully saturated rings. The Labute approximate surface area is 482 Å². The lowest BCUT2D eigenvalue weighted by Crippen LogP contribution is -2.68. The molecule has 18 N–H and O–H groups in total. The van der Waals surface area contributed by atoms with E-state index in [1.54, 1.807) is 55.4 Å². The predicted octanol–water partition coefficient (Wildman–Crippen LogP) is -6.96. The van der Waals surface area contributed by atoms with Crippen LogP contribution in [-0.4, -0.2) is 236 Å². The van der Waals surface area contributed by atoms with Crippen LogP contribution in [0.3, 0.4) is 0 Å². The van der Waals surface area contributed by atoms with Crippen molar-refractivity contribution in [2.24, 2.45) is 35.1 Å². The second-order valence-corrected chi connectivity index (χ2v) is 22.8. The number of hydrogen-bond acceptors (Lipinski definition) is 21. The number of primary amides is 1. The number of aliphatic hydroxyl groups is 6. The summed E-state index contributed by atoms with van der Waals surface area (Å²) in [6.07, 6.45) is -16.1. The van der Waals surface area contributed by atoms with E-state index in [0.29, 0.717) is 6.42 Å². The standard InChI is InChI=1S/C52H91N11O20/c1-19(2)32(47(76)55-23(9)42(54)71)60-49(78)34(21(5)6)61-48(77)33(20(3)4)59-44(73)25(11)56-43(72)24(10)57-45(74)28-15-14-16-63(28)50(79)35(22(7)8)62-46(75)31(53)26(12)80-51-36(58-27(13)66)41(38(68)30(18-65)81-51)83-52-40(70)39(69)37(67)29(17-64)82-52/h19-26,28-41,51-52,64-65,67-70H,14-18,53H2,1-13H3,(H2,54,71)(H,55,76)(H,56,72)(H,57,74)(H,58,66)(H,59,73)(H,60,78)(H,61,77)(H,62,75)/t23-,24-,25-,26+,28-,29+,30+,31-,32-,33-,34-,35-,36+,37-,38-,39-,40+,41+,51-,52-/m0/s1. The molecule has 3 aliphatic heterocycles. The van der Waals surface area contributed by atoms with Crippen molar-refractivity contribution < 1.29 is 97.5 Å². The lowest BCUT2D eigenvalue weighted by molar-refractivity contribution is -0.347. The highest BCUT2D eigenvalue weighted by molar-refractivity contribution is 5.98. The average Bonchev–Trinajstić information content (AvgIpc) is 3.79. The Morgan fingerprint density at radius 3 is 1.47 bits per heavy atom. The molecule has 0 aromatic carbocycles. The van der Waals surface area contributed by atoms with Gasteiger partial charge < -0.3 is 108 Å². The maximum absolute atomic E-state index is 14.3. The summed E-state index contributed by atoms with van der Waals surface area (Å²) in [5, 5.41) is 82.9. The van der Waals surface area contributed by atoms with Gasteiger partial charge in [0.2, 0.25) is 59.1 Å². The second-order valence-electron chi connectivity index (χ2n) is 22.8. The molecular formula is C52H91N11O20.